The zero-order valence-electron chi connectivity index (χ0n) is 13.8. The highest BCUT2D eigenvalue weighted by atomic mass is 19.1. The van der Waals surface area contributed by atoms with Gasteiger partial charge < -0.3 is 5.11 Å². The highest BCUT2D eigenvalue weighted by Crippen LogP contribution is 2.56. The lowest BCUT2D eigenvalue weighted by atomic mass is 9.53. The van der Waals surface area contributed by atoms with Crippen LogP contribution in [-0.2, 0) is 20.8 Å². The molecule has 3 aliphatic rings. The summed E-state index contributed by atoms with van der Waals surface area (Å²) in [5, 5.41) is 9.39. The molecule has 0 aromatic heterocycles. The standard InChI is InChI=1S/C18H21FN2O4/c19-13-3-1-12(2-4-13)11-14(22)20-21-15(23)17-5-8-18(9-6-17,10-7-17)16(24)25/h1-4H,5-11H2,(H,20,22)(H,21,23)(H,24,25). The van der Waals surface area contributed by atoms with Gasteiger partial charge in [0.1, 0.15) is 5.82 Å². The van der Waals surface area contributed by atoms with Crippen molar-refractivity contribution in [3.8, 4) is 0 Å². The predicted molar refractivity (Wildman–Crippen MR) is 86.6 cm³/mol. The summed E-state index contributed by atoms with van der Waals surface area (Å²) >= 11 is 0. The molecule has 3 saturated carbocycles. The van der Waals surface area contributed by atoms with Crippen LogP contribution in [0.2, 0.25) is 0 Å². The summed E-state index contributed by atoms with van der Waals surface area (Å²) in [6.07, 6.45) is 3.12. The zero-order chi connectivity index (χ0) is 18.1. The Balaban J connectivity index is 1.52. The van der Waals surface area contributed by atoms with Crippen molar-refractivity contribution in [3.05, 3.63) is 35.6 Å². The Morgan fingerprint density at radius 3 is 1.96 bits per heavy atom. The van der Waals surface area contributed by atoms with Gasteiger partial charge in [-0.15, -0.1) is 0 Å². The van der Waals surface area contributed by atoms with Crippen molar-refractivity contribution in [2.75, 3.05) is 0 Å². The Hall–Kier alpha value is -2.44. The number of aliphatic carboxylic acids is 1. The molecule has 2 amide bonds. The van der Waals surface area contributed by atoms with E-state index in [1.165, 1.54) is 24.3 Å². The Kier molecular flexibility index (Phi) is 4.49. The van der Waals surface area contributed by atoms with Gasteiger partial charge in [-0.05, 0) is 56.2 Å². The van der Waals surface area contributed by atoms with Gasteiger partial charge in [0.2, 0.25) is 11.8 Å². The average molecular weight is 348 g/mol. The smallest absolute Gasteiger partial charge is 0.309 e. The van der Waals surface area contributed by atoms with E-state index in [1.807, 2.05) is 0 Å². The minimum Gasteiger partial charge on any atom is -0.481 e. The van der Waals surface area contributed by atoms with E-state index in [2.05, 4.69) is 10.9 Å². The third-order valence-corrected chi connectivity index (χ3v) is 5.78. The minimum absolute atomic E-state index is 0.0374. The molecule has 0 unspecified atom stereocenters. The number of carbonyl (C=O) groups excluding carboxylic acids is 2. The molecule has 3 N–H and O–H groups in total. The van der Waals surface area contributed by atoms with Crippen molar-refractivity contribution in [3.63, 3.8) is 0 Å². The number of hydrogen-bond donors (Lipinski definition) is 3. The van der Waals surface area contributed by atoms with Crippen LogP contribution in [0.25, 0.3) is 0 Å². The second-order valence-electron chi connectivity index (χ2n) is 7.17. The maximum Gasteiger partial charge on any atom is 0.309 e. The fraction of sp³-hybridized carbons (Fsp3) is 0.500. The molecular weight excluding hydrogens is 327 g/mol. The Bertz CT molecular complexity index is 677. The summed E-state index contributed by atoms with van der Waals surface area (Å²) in [5.41, 5.74) is 4.28. The Morgan fingerprint density at radius 1 is 0.920 bits per heavy atom. The molecule has 1 aromatic carbocycles. The molecule has 0 spiro atoms. The fourth-order valence-electron chi connectivity index (χ4n) is 3.94. The van der Waals surface area contributed by atoms with E-state index in [4.69, 9.17) is 0 Å². The van der Waals surface area contributed by atoms with Crippen LogP contribution in [0.1, 0.15) is 44.1 Å². The number of carboxylic acid groups (broad SMARTS) is 1. The number of hydrazine groups is 1. The van der Waals surface area contributed by atoms with Gasteiger partial charge in [0.25, 0.3) is 0 Å². The molecule has 0 aliphatic heterocycles. The first kappa shape index (κ1) is 17.4. The lowest BCUT2D eigenvalue weighted by molar-refractivity contribution is -0.163. The van der Waals surface area contributed by atoms with Gasteiger partial charge in [0, 0.05) is 0 Å². The Morgan fingerprint density at radius 2 is 1.44 bits per heavy atom. The van der Waals surface area contributed by atoms with Crippen molar-refractivity contribution in [2.24, 2.45) is 10.8 Å². The fourth-order valence-corrected chi connectivity index (χ4v) is 3.94. The van der Waals surface area contributed by atoms with Gasteiger partial charge in [-0.3, -0.25) is 25.2 Å². The van der Waals surface area contributed by atoms with Gasteiger partial charge in [0.15, 0.2) is 0 Å². The highest BCUT2D eigenvalue weighted by molar-refractivity contribution is 5.87. The average Bonchev–Trinajstić information content (AvgIpc) is 2.63. The molecule has 0 radical (unpaired) electrons. The van der Waals surface area contributed by atoms with Crippen molar-refractivity contribution in [1.29, 1.82) is 0 Å². The number of benzene rings is 1. The SMILES string of the molecule is O=C(Cc1ccc(F)cc1)NNC(=O)C12CCC(C(=O)O)(CC1)CC2. The van der Waals surface area contributed by atoms with E-state index >= 15 is 0 Å². The van der Waals surface area contributed by atoms with Gasteiger partial charge in [-0.2, -0.15) is 0 Å². The third-order valence-electron chi connectivity index (χ3n) is 5.78. The number of hydrogen-bond acceptors (Lipinski definition) is 3. The topological polar surface area (TPSA) is 95.5 Å². The molecule has 1 aromatic rings. The lowest BCUT2D eigenvalue weighted by Gasteiger charge is -2.50. The van der Waals surface area contributed by atoms with E-state index in [9.17, 15) is 23.9 Å². The predicted octanol–water partition coefficient (Wildman–Crippen LogP) is 1.94. The molecule has 6 nitrogen and oxygen atoms in total. The van der Waals surface area contributed by atoms with Crippen molar-refractivity contribution in [1.82, 2.24) is 10.9 Å². The molecule has 2 bridgehead atoms. The molecule has 3 aliphatic carbocycles. The van der Waals surface area contributed by atoms with Gasteiger partial charge in [0.05, 0.1) is 17.3 Å². The second kappa shape index (κ2) is 6.46. The number of rotatable bonds is 4. The molecule has 0 heterocycles. The first-order chi connectivity index (χ1) is 11.9. The largest absolute Gasteiger partial charge is 0.481 e. The highest BCUT2D eigenvalue weighted by Gasteiger charge is 2.55. The number of nitrogens with one attached hydrogen (secondary N) is 2. The molecule has 0 atom stereocenters. The number of fused-ring (bicyclic) bond motifs is 3. The van der Waals surface area contributed by atoms with Gasteiger partial charge in [-0.25, -0.2) is 4.39 Å². The van der Waals surface area contributed by atoms with Crippen LogP contribution < -0.4 is 10.9 Å². The summed E-state index contributed by atoms with van der Waals surface area (Å²) in [4.78, 5) is 35.9. The van der Waals surface area contributed by atoms with Crippen molar-refractivity contribution in [2.45, 2.75) is 44.9 Å². The second-order valence-corrected chi connectivity index (χ2v) is 7.17. The van der Waals surface area contributed by atoms with Crippen molar-refractivity contribution < 1.29 is 23.9 Å². The maximum atomic E-state index is 12.9. The van der Waals surface area contributed by atoms with Crippen LogP contribution in [0.3, 0.4) is 0 Å². The molecule has 4 rings (SSSR count). The quantitative estimate of drug-likeness (QED) is 0.725. The third kappa shape index (κ3) is 3.36. The van der Waals surface area contributed by atoms with Crippen LogP contribution in [0.5, 0.6) is 0 Å². The summed E-state index contributed by atoms with van der Waals surface area (Å²) in [6.45, 7) is 0. The summed E-state index contributed by atoms with van der Waals surface area (Å²) in [5.74, 6) is -1.78. The van der Waals surface area contributed by atoms with Gasteiger partial charge in [-0.1, -0.05) is 12.1 Å². The van der Waals surface area contributed by atoms with Crippen LogP contribution >= 0.6 is 0 Å². The molecule has 3 fully saturated rings. The van der Waals surface area contributed by atoms with Crippen molar-refractivity contribution >= 4 is 17.8 Å². The molecule has 0 saturated heterocycles. The van der Waals surface area contributed by atoms with Crippen LogP contribution in [-0.4, -0.2) is 22.9 Å². The molecule has 134 valence electrons. The van der Waals surface area contributed by atoms with E-state index in [-0.39, 0.29) is 24.1 Å². The number of carboxylic acids is 1. The number of halogens is 1. The number of carbonyl (C=O) groups is 3. The first-order valence-electron chi connectivity index (χ1n) is 8.42. The minimum atomic E-state index is -0.770. The number of amides is 2. The van der Waals surface area contributed by atoms with E-state index in [0.717, 1.165) is 0 Å². The lowest BCUT2D eigenvalue weighted by Crippen LogP contribution is -2.55. The monoisotopic (exact) mass is 348 g/mol. The van der Waals surface area contributed by atoms with E-state index in [0.29, 0.717) is 44.1 Å². The first-order valence-corrected chi connectivity index (χ1v) is 8.42. The van der Waals surface area contributed by atoms with Crippen LogP contribution in [0, 0.1) is 16.6 Å². The normalized spacial score (nSPS) is 27.6. The molecule has 7 heteroatoms. The maximum absolute atomic E-state index is 12.9. The molecule has 25 heavy (non-hydrogen) atoms. The van der Waals surface area contributed by atoms with E-state index in [1.54, 1.807) is 0 Å². The summed E-state index contributed by atoms with van der Waals surface area (Å²) < 4.78 is 12.9. The summed E-state index contributed by atoms with van der Waals surface area (Å²) in [6, 6.07) is 5.59. The summed E-state index contributed by atoms with van der Waals surface area (Å²) in [7, 11) is 0. The molecular formula is C18H21FN2O4. The van der Waals surface area contributed by atoms with Crippen LogP contribution in [0.4, 0.5) is 4.39 Å². The van der Waals surface area contributed by atoms with Gasteiger partial charge >= 0.3 is 5.97 Å². The Labute approximate surface area is 144 Å². The van der Waals surface area contributed by atoms with Crippen LogP contribution in [0.15, 0.2) is 24.3 Å². The van der Waals surface area contributed by atoms with E-state index < -0.39 is 16.8 Å². The zero-order valence-corrected chi connectivity index (χ0v) is 13.8.